The Hall–Kier alpha value is 0.0200. The van der Waals surface area contributed by atoms with Gasteiger partial charge in [-0.1, -0.05) is 15.9 Å². The summed E-state index contributed by atoms with van der Waals surface area (Å²) in [5, 5.41) is 8.03. The second-order valence-corrected chi connectivity index (χ2v) is 2.46. The molecular weight excluding hydrogens is 144 g/mol. The average molecular weight is 151 g/mol. The fraction of sp³-hybridized carbons (Fsp3) is 0.500. The lowest BCUT2D eigenvalue weighted by molar-refractivity contribution is 0.471. The quantitative estimate of drug-likeness (QED) is 0.447. The zero-order valence-electron chi connectivity index (χ0n) is 3.56. The molecule has 0 fully saturated rings. The van der Waals surface area contributed by atoms with Gasteiger partial charge in [-0.2, -0.15) is 0 Å². The van der Waals surface area contributed by atoms with Crippen LogP contribution in [-0.2, 0) is 0 Å². The second-order valence-electron chi connectivity index (χ2n) is 1.02. The van der Waals surface area contributed by atoms with Crippen LogP contribution in [0.4, 0.5) is 0 Å². The first-order valence-corrected chi connectivity index (χ1v) is 2.64. The summed E-state index contributed by atoms with van der Waals surface area (Å²) in [6, 6.07) is 0. The van der Waals surface area contributed by atoms with E-state index >= 15 is 0 Å². The smallest absolute Gasteiger partial charge is 0.0762 e. The Labute approximate surface area is 45.8 Å². The van der Waals surface area contributed by atoms with Gasteiger partial charge in [-0.25, -0.2) is 0 Å². The molecule has 0 bridgehead atoms. The van der Waals surface area contributed by atoms with Gasteiger partial charge in [0.2, 0.25) is 0 Å². The first kappa shape index (κ1) is 6.02. The van der Waals surface area contributed by atoms with Gasteiger partial charge >= 0.3 is 0 Å². The average Bonchev–Trinajstić information content (AvgIpc) is 1.35. The molecule has 0 aliphatic heterocycles. The molecule has 36 valence electrons. The van der Waals surface area contributed by atoms with Gasteiger partial charge in [-0.15, -0.1) is 0 Å². The Morgan fingerprint density at radius 3 is 2.33 bits per heavy atom. The number of allylic oxidation sites excluding steroid dienone is 1. The van der Waals surface area contributed by atoms with Crippen LogP contribution in [0.2, 0.25) is 0 Å². The summed E-state index contributed by atoms with van der Waals surface area (Å²) < 4.78 is 0. The molecule has 0 aliphatic rings. The minimum absolute atomic E-state index is 0.280. The summed E-state index contributed by atoms with van der Waals surface area (Å²) in [5.74, 6) is 0. The van der Waals surface area contributed by atoms with Crippen LogP contribution in [0, 0.1) is 0 Å². The van der Waals surface area contributed by atoms with E-state index in [-0.39, 0.29) is 4.83 Å². The molecule has 0 aromatic heterocycles. The van der Waals surface area contributed by atoms with Crippen molar-refractivity contribution in [2.45, 2.75) is 11.8 Å². The SMILES string of the molecule is CC(Br)C=CO. The highest BCUT2D eigenvalue weighted by atomic mass is 79.9. The summed E-state index contributed by atoms with van der Waals surface area (Å²) in [7, 11) is 0. The van der Waals surface area contributed by atoms with Gasteiger partial charge < -0.3 is 5.11 Å². The van der Waals surface area contributed by atoms with Gasteiger partial charge in [0, 0.05) is 4.83 Å². The van der Waals surface area contributed by atoms with Crippen molar-refractivity contribution in [1.29, 1.82) is 0 Å². The zero-order valence-corrected chi connectivity index (χ0v) is 5.14. The molecule has 0 spiro atoms. The third-order valence-electron chi connectivity index (χ3n) is 0.351. The van der Waals surface area contributed by atoms with Crippen LogP contribution in [-0.4, -0.2) is 9.93 Å². The molecule has 1 nitrogen and oxygen atoms in total. The molecule has 1 atom stereocenters. The van der Waals surface area contributed by atoms with Crippen LogP contribution < -0.4 is 0 Å². The van der Waals surface area contributed by atoms with Gasteiger partial charge in [0.15, 0.2) is 0 Å². The molecule has 1 N–H and O–H groups in total. The summed E-state index contributed by atoms with van der Waals surface area (Å²) in [4.78, 5) is 0.280. The van der Waals surface area contributed by atoms with Crippen molar-refractivity contribution in [2.75, 3.05) is 0 Å². The fourth-order valence-electron chi connectivity index (χ4n) is 0.119. The topological polar surface area (TPSA) is 20.2 Å². The van der Waals surface area contributed by atoms with Crippen LogP contribution in [0.15, 0.2) is 12.3 Å². The highest BCUT2D eigenvalue weighted by molar-refractivity contribution is 9.09. The van der Waals surface area contributed by atoms with Gasteiger partial charge in [-0.05, 0) is 13.0 Å². The molecule has 0 aliphatic carbocycles. The third-order valence-corrected chi connectivity index (χ3v) is 0.656. The number of alkyl halides is 1. The molecule has 0 saturated heterocycles. The van der Waals surface area contributed by atoms with Crippen LogP contribution in [0.25, 0.3) is 0 Å². The van der Waals surface area contributed by atoms with E-state index < -0.39 is 0 Å². The number of rotatable bonds is 1. The molecule has 2 heteroatoms. The van der Waals surface area contributed by atoms with Crippen LogP contribution in [0.1, 0.15) is 6.92 Å². The Morgan fingerprint density at radius 2 is 2.33 bits per heavy atom. The highest BCUT2D eigenvalue weighted by Gasteiger charge is 1.80. The predicted octanol–water partition coefficient (Wildman–Crippen LogP) is 1.84. The lowest BCUT2D eigenvalue weighted by Gasteiger charge is -1.83. The molecule has 0 rings (SSSR count). The lowest BCUT2D eigenvalue weighted by Crippen LogP contribution is -1.77. The normalized spacial score (nSPS) is 15.7. The maximum atomic E-state index is 8.03. The zero-order chi connectivity index (χ0) is 4.99. The van der Waals surface area contributed by atoms with Gasteiger partial charge in [0.25, 0.3) is 0 Å². The van der Waals surface area contributed by atoms with Crippen molar-refractivity contribution >= 4 is 15.9 Å². The summed E-state index contributed by atoms with van der Waals surface area (Å²) in [6.07, 6.45) is 2.67. The van der Waals surface area contributed by atoms with E-state index in [1.54, 1.807) is 6.08 Å². The Morgan fingerprint density at radius 1 is 1.83 bits per heavy atom. The fourth-order valence-corrected chi connectivity index (χ4v) is 0.255. The van der Waals surface area contributed by atoms with Crippen molar-refractivity contribution in [3.05, 3.63) is 12.3 Å². The molecule has 0 heterocycles. The number of aliphatic hydroxyl groups is 1. The Balaban J connectivity index is 3.03. The Kier molecular flexibility index (Phi) is 3.23. The number of hydrogen-bond donors (Lipinski definition) is 1. The first-order valence-electron chi connectivity index (χ1n) is 1.72. The van der Waals surface area contributed by atoms with Crippen molar-refractivity contribution in [1.82, 2.24) is 0 Å². The lowest BCUT2D eigenvalue weighted by atomic mass is 10.5. The third kappa shape index (κ3) is 4.02. The van der Waals surface area contributed by atoms with Crippen molar-refractivity contribution in [3.63, 3.8) is 0 Å². The summed E-state index contributed by atoms with van der Waals surface area (Å²) >= 11 is 3.19. The molecular formula is C4H7BrO. The van der Waals surface area contributed by atoms with Crippen molar-refractivity contribution in [2.24, 2.45) is 0 Å². The highest BCUT2D eigenvalue weighted by Crippen LogP contribution is 1.95. The maximum absolute atomic E-state index is 8.03. The van der Waals surface area contributed by atoms with E-state index in [2.05, 4.69) is 15.9 Å². The number of halogens is 1. The Bertz CT molecular complexity index is 49.5. The largest absolute Gasteiger partial charge is 0.516 e. The van der Waals surface area contributed by atoms with Crippen LogP contribution in [0.5, 0.6) is 0 Å². The van der Waals surface area contributed by atoms with Crippen LogP contribution >= 0.6 is 15.9 Å². The van der Waals surface area contributed by atoms with E-state index in [9.17, 15) is 0 Å². The maximum Gasteiger partial charge on any atom is 0.0762 e. The molecule has 0 radical (unpaired) electrons. The number of aliphatic hydroxyl groups excluding tert-OH is 1. The minimum Gasteiger partial charge on any atom is -0.516 e. The standard InChI is InChI=1S/C4H7BrO/c1-4(5)2-3-6/h2-4,6H,1H3. The van der Waals surface area contributed by atoms with Gasteiger partial charge in [0.1, 0.15) is 0 Å². The number of hydrogen-bond acceptors (Lipinski definition) is 1. The summed E-state index contributed by atoms with van der Waals surface area (Å²) in [6.45, 7) is 1.92. The van der Waals surface area contributed by atoms with Gasteiger partial charge in [-0.3, -0.25) is 0 Å². The minimum atomic E-state index is 0.280. The van der Waals surface area contributed by atoms with Crippen molar-refractivity contribution in [3.8, 4) is 0 Å². The monoisotopic (exact) mass is 150 g/mol. The second kappa shape index (κ2) is 3.22. The molecule has 6 heavy (non-hydrogen) atoms. The molecule has 0 saturated carbocycles. The van der Waals surface area contributed by atoms with E-state index in [1.807, 2.05) is 6.92 Å². The first-order chi connectivity index (χ1) is 2.77. The van der Waals surface area contributed by atoms with E-state index in [0.29, 0.717) is 0 Å². The molecule has 0 aromatic carbocycles. The van der Waals surface area contributed by atoms with E-state index in [0.717, 1.165) is 6.26 Å². The van der Waals surface area contributed by atoms with Gasteiger partial charge in [0.05, 0.1) is 6.26 Å². The van der Waals surface area contributed by atoms with E-state index in [4.69, 9.17) is 5.11 Å². The predicted molar refractivity (Wildman–Crippen MR) is 30.2 cm³/mol. The molecule has 0 aromatic rings. The van der Waals surface area contributed by atoms with Crippen LogP contribution in [0.3, 0.4) is 0 Å². The molecule has 0 amide bonds. The summed E-state index contributed by atoms with van der Waals surface area (Å²) in [5.41, 5.74) is 0. The van der Waals surface area contributed by atoms with Crippen molar-refractivity contribution < 1.29 is 5.11 Å². The van der Waals surface area contributed by atoms with E-state index in [1.165, 1.54) is 0 Å². The molecule has 1 unspecified atom stereocenters.